The van der Waals surface area contributed by atoms with Gasteiger partial charge in [0.1, 0.15) is 0 Å². The minimum Gasteiger partial charge on any atom is -0.469 e. The molecule has 0 aliphatic carbocycles. The molecule has 0 rings (SSSR count). The van der Waals surface area contributed by atoms with E-state index in [-0.39, 0.29) is 11.9 Å². The van der Waals surface area contributed by atoms with Crippen molar-refractivity contribution in [3.63, 3.8) is 0 Å². The van der Waals surface area contributed by atoms with Crippen molar-refractivity contribution in [2.75, 3.05) is 18.6 Å². The number of esters is 1. The maximum absolute atomic E-state index is 11.0. The third kappa shape index (κ3) is 6.90. The highest BCUT2D eigenvalue weighted by atomic mass is 32.2. The van der Waals surface area contributed by atoms with Crippen molar-refractivity contribution in [2.45, 2.75) is 26.4 Å². The fourth-order valence-electron chi connectivity index (χ4n) is 0.755. The summed E-state index contributed by atoms with van der Waals surface area (Å²) in [4.78, 5) is 11.0. The van der Waals surface area contributed by atoms with Crippen LogP contribution >= 0.6 is 11.8 Å². The number of ether oxygens (including phenoxy) is 1. The summed E-state index contributed by atoms with van der Waals surface area (Å²) >= 11 is 1.56. The van der Waals surface area contributed by atoms with Gasteiger partial charge in [-0.15, -0.1) is 0 Å². The first-order chi connectivity index (χ1) is 5.87. The van der Waals surface area contributed by atoms with Crippen LogP contribution in [0.25, 0.3) is 0 Å². The summed E-state index contributed by atoms with van der Waals surface area (Å²) in [6.45, 7) is 5.33. The first kappa shape index (κ1) is 12.8. The van der Waals surface area contributed by atoms with Crippen LogP contribution in [0, 0.1) is 5.92 Å². The van der Waals surface area contributed by atoms with Crippen molar-refractivity contribution in [1.29, 1.82) is 0 Å². The van der Waals surface area contributed by atoms with Gasteiger partial charge in [0, 0.05) is 11.5 Å². The number of thioether (sulfide) groups is 1. The summed E-state index contributed by atoms with van der Waals surface area (Å²) in [6.07, 6.45) is 0. The van der Waals surface area contributed by atoms with Crippen molar-refractivity contribution in [2.24, 2.45) is 5.92 Å². The van der Waals surface area contributed by atoms with E-state index in [9.17, 15) is 9.90 Å². The lowest BCUT2D eigenvalue weighted by Gasteiger charge is -2.17. The van der Waals surface area contributed by atoms with Crippen LogP contribution in [0.2, 0.25) is 0 Å². The van der Waals surface area contributed by atoms with E-state index in [0.29, 0.717) is 11.5 Å². The van der Waals surface area contributed by atoms with E-state index in [1.165, 1.54) is 7.11 Å². The summed E-state index contributed by atoms with van der Waals surface area (Å²) in [7, 11) is 1.39. The molecule has 0 aromatic carbocycles. The van der Waals surface area contributed by atoms with Crippen molar-refractivity contribution in [3.05, 3.63) is 0 Å². The minimum absolute atomic E-state index is 0.0997. The number of hydrogen-bond acceptors (Lipinski definition) is 4. The smallest absolute Gasteiger partial charge is 0.309 e. The minimum atomic E-state index is -0.666. The third-order valence-electron chi connectivity index (χ3n) is 1.43. The Labute approximate surface area is 83.9 Å². The highest BCUT2D eigenvalue weighted by Crippen LogP contribution is 2.15. The molecule has 0 aromatic rings. The van der Waals surface area contributed by atoms with E-state index in [4.69, 9.17) is 0 Å². The predicted octanol–water partition coefficient (Wildman–Crippen LogP) is 1.30. The van der Waals surface area contributed by atoms with Gasteiger partial charge in [-0.1, -0.05) is 6.92 Å². The molecule has 0 heterocycles. The molecule has 0 aliphatic rings. The standard InChI is InChI=1S/C9H18O3S/c1-7(8(10)12-4)5-13-6-9(2,3)11/h7,11H,5-6H2,1-4H3. The van der Waals surface area contributed by atoms with Gasteiger partial charge < -0.3 is 9.84 Å². The lowest BCUT2D eigenvalue weighted by molar-refractivity contribution is -0.144. The molecule has 0 amide bonds. The average molecular weight is 206 g/mol. The Morgan fingerprint density at radius 1 is 1.62 bits per heavy atom. The van der Waals surface area contributed by atoms with Gasteiger partial charge in [0.15, 0.2) is 0 Å². The van der Waals surface area contributed by atoms with Crippen molar-refractivity contribution >= 4 is 17.7 Å². The normalized spacial score (nSPS) is 13.9. The van der Waals surface area contributed by atoms with Crippen molar-refractivity contribution in [3.8, 4) is 0 Å². The maximum atomic E-state index is 11.0. The predicted molar refractivity (Wildman–Crippen MR) is 54.8 cm³/mol. The zero-order chi connectivity index (χ0) is 10.5. The molecule has 0 saturated heterocycles. The molecule has 0 saturated carbocycles. The highest BCUT2D eigenvalue weighted by molar-refractivity contribution is 7.99. The Morgan fingerprint density at radius 2 is 2.15 bits per heavy atom. The van der Waals surface area contributed by atoms with Gasteiger partial charge in [-0.3, -0.25) is 4.79 Å². The summed E-state index contributed by atoms with van der Waals surface area (Å²) in [5.41, 5.74) is -0.666. The second-order valence-corrected chi connectivity index (χ2v) is 4.78. The Balaban J connectivity index is 3.59. The molecule has 78 valence electrons. The quantitative estimate of drug-likeness (QED) is 0.689. The molecule has 1 N–H and O–H groups in total. The fourth-order valence-corrected chi connectivity index (χ4v) is 1.86. The first-order valence-electron chi connectivity index (χ1n) is 4.25. The Hall–Kier alpha value is -0.220. The van der Waals surface area contributed by atoms with E-state index in [0.717, 1.165) is 0 Å². The SMILES string of the molecule is COC(=O)C(C)CSCC(C)(C)O. The molecule has 0 bridgehead atoms. The summed E-state index contributed by atoms with van der Waals surface area (Å²) in [5.74, 6) is 1.03. The Kier molecular flexibility index (Phi) is 5.40. The van der Waals surface area contributed by atoms with Crippen LogP contribution in [-0.4, -0.2) is 35.3 Å². The van der Waals surface area contributed by atoms with E-state index < -0.39 is 5.60 Å². The zero-order valence-corrected chi connectivity index (χ0v) is 9.48. The second-order valence-electron chi connectivity index (χ2n) is 3.75. The summed E-state index contributed by atoms with van der Waals surface area (Å²) < 4.78 is 4.58. The maximum Gasteiger partial charge on any atom is 0.309 e. The van der Waals surface area contributed by atoms with Gasteiger partial charge in [0.05, 0.1) is 18.6 Å². The Morgan fingerprint density at radius 3 is 2.54 bits per heavy atom. The van der Waals surface area contributed by atoms with Crippen LogP contribution in [0.15, 0.2) is 0 Å². The molecule has 0 aliphatic heterocycles. The second kappa shape index (κ2) is 5.50. The van der Waals surface area contributed by atoms with Gasteiger partial charge in [-0.05, 0) is 13.8 Å². The van der Waals surface area contributed by atoms with Gasteiger partial charge in [-0.2, -0.15) is 11.8 Å². The van der Waals surface area contributed by atoms with Gasteiger partial charge in [-0.25, -0.2) is 0 Å². The molecule has 1 unspecified atom stereocenters. The number of methoxy groups -OCH3 is 1. The monoisotopic (exact) mass is 206 g/mol. The number of carbonyl (C=O) groups is 1. The van der Waals surface area contributed by atoms with Gasteiger partial charge in [0.25, 0.3) is 0 Å². The van der Waals surface area contributed by atoms with Crippen LogP contribution in [0.4, 0.5) is 0 Å². The molecule has 0 radical (unpaired) electrons. The van der Waals surface area contributed by atoms with E-state index >= 15 is 0 Å². The molecule has 1 atom stereocenters. The summed E-state index contributed by atoms with van der Waals surface area (Å²) in [6, 6.07) is 0. The molecule has 13 heavy (non-hydrogen) atoms. The lowest BCUT2D eigenvalue weighted by atomic mass is 10.2. The summed E-state index contributed by atoms with van der Waals surface area (Å²) in [5, 5.41) is 9.39. The molecular weight excluding hydrogens is 188 g/mol. The van der Waals surface area contributed by atoms with E-state index in [1.54, 1.807) is 25.6 Å². The molecule has 0 aromatic heterocycles. The molecule has 0 spiro atoms. The van der Waals surface area contributed by atoms with Crippen molar-refractivity contribution in [1.82, 2.24) is 0 Å². The molecular formula is C9H18O3S. The van der Waals surface area contributed by atoms with Crippen LogP contribution in [-0.2, 0) is 9.53 Å². The zero-order valence-electron chi connectivity index (χ0n) is 8.66. The van der Waals surface area contributed by atoms with E-state index in [1.807, 2.05) is 6.92 Å². The largest absolute Gasteiger partial charge is 0.469 e. The topological polar surface area (TPSA) is 46.5 Å². The van der Waals surface area contributed by atoms with Gasteiger partial charge in [0.2, 0.25) is 0 Å². The van der Waals surface area contributed by atoms with Crippen LogP contribution in [0.5, 0.6) is 0 Å². The third-order valence-corrected chi connectivity index (χ3v) is 3.07. The number of carbonyl (C=O) groups excluding carboxylic acids is 1. The van der Waals surface area contributed by atoms with E-state index in [2.05, 4.69) is 4.74 Å². The number of aliphatic hydroxyl groups is 1. The van der Waals surface area contributed by atoms with Gasteiger partial charge >= 0.3 is 5.97 Å². The average Bonchev–Trinajstić information content (AvgIpc) is 2.00. The molecule has 4 heteroatoms. The number of rotatable bonds is 5. The highest BCUT2D eigenvalue weighted by Gasteiger charge is 2.16. The molecule has 3 nitrogen and oxygen atoms in total. The lowest BCUT2D eigenvalue weighted by Crippen LogP contribution is -2.23. The van der Waals surface area contributed by atoms with Crippen LogP contribution in [0.3, 0.4) is 0 Å². The first-order valence-corrected chi connectivity index (χ1v) is 5.40. The van der Waals surface area contributed by atoms with Crippen LogP contribution in [0.1, 0.15) is 20.8 Å². The van der Waals surface area contributed by atoms with Crippen LogP contribution < -0.4 is 0 Å². The van der Waals surface area contributed by atoms with Crippen molar-refractivity contribution < 1.29 is 14.6 Å². The number of hydrogen-bond donors (Lipinski definition) is 1. The Bertz CT molecular complexity index is 163. The fraction of sp³-hybridized carbons (Fsp3) is 0.889. The molecule has 0 fully saturated rings.